The quantitative estimate of drug-likeness (QED) is 0.730. The Kier molecular flexibility index (Phi) is 5.56. The van der Waals surface area contributed by atoms with Crippen LogP contribution in [0.15, 0.2) is 24.5 Å². The van der Waals surface area contributed by atoms with Crippen molar-refractivity contribution in [2.24, 2.45) is 5.41 Å². The smallest absolute Gasteiger partial charge is 0.176 e. The number of nitriles is 1. The van der Waals surface area contributed by atoms with Gasteiger partial charge in [0, 0.05) is 63.1 Å². The van der Waals surface area contributed by atoms with E-state index in [9.17, 15) is 8.78 Å². The molecule has 32 heavy (non-hydrogen) atoms. The third kappa shape index (κ3) is 3.84. The monoisotopic (exact) mass is 438 g/mol. The zero-order chi connectivity index (χ0) is 22.3. The highest BCUT2D eigenvalue weighted by atomic mass is 19.1. The van der Waals surface area contributed by atoms with Gasteiger partial charge in [-0.25, -0.2) is 13.8 Å². The fourth-order valence-corrected chi connectivity index (χ4v) is 5.77. The van der Waals surface area contributed by atoms with Gasteiger partial charge in [-0.15, -0.1) is 0 Å². The maximum absolute atomic E-state index is 14.1. The number of anilines is 1. The van der Waals surface area contributed by atoms with Crippen LogP contribution in [0.4, 0.5) is 14.5 Å². The first-order valence-corrected chi connectivity index (χ1v) is 11.4. The summed E-state index contributed by atoms with van der Waals surface area (Å²) in [6.45, 7) is 9.26. The van der Waals surface area contributed by atoms with Gasteiger partial charge in [0.1, 0.15) is 11.9 Å². The van der Waals surface area contributed by atoms with E-state index in [4.69, 9.17) is 5.26 Å². The van der Waals surface area contributed by atoms with Crippen LogP contribution < -0.4 is 4.90 Å². The summed E-state index contributed by atoms with van der Waals surface area (Å²) < 4.78 is 28.2. The lowest BCUT2D eigenvalue weighted by molar-refractivity contribution is 0.00367. The molecule has 1 aliphatic carbocycles. The molecule has 168 valence electrons. The fraction of sp³-hybridized carbons (Fsp3) is 0.542. The minimum Gasteiger partial charge on any atom is -0.367 e. The number of hydrogen-bond acceptors (Lipinski definition) is 6. The Morgan fingerprint density at radius 2 is 1.91 bits per heavy atom. The third-order valence-corrected chi connectivity index (χ3v) is 7.47. The lowest BCUT2D eigenvalue weighted by Crippen LogP contribution is -2.56. The second-order valence-corrected chi connectivity index (χ2v) is 9.41. The van der Waals surface area contributed by atoms with Gasteiger partial charge in [0.2, 0.25) is 0 Å². The molecule has 0 N–H and O–H groups in total. The van der Waals surface area contributed by atoms with E-state index in [0.717, 1.165) is 38.9 Å². The van der Waals surface area contributed by atoms with E-state index in [-0.39, 0.29) is 5.69 Å². The summed E-state index contributed by atoms with van der Waals surface area (Å²) in [6, 6.07) is 5.08. The van der Waals surface area contributed by atoms with Gasteiger partial charge in [-0.3, -0.25) is 9.88 Å². The molecule has 0 bridgehead atoms. The lowest BCUT2D eigenvalue weighted by atomic mass is 9.78. The van der Waals surface area contributed by atoms with Crippen LogP contribution in [0.5, 0.6) is 0 Å². The van der Waals surface area contributed by atoms with Crippen LogP contribution in [-0.2, 0) is 0 Å². The number of nitrogens with zero attached hydrogens (tertiary/aromatic N) is 6. The van der Waals surface area contributed by atoms with Crippen molar-refractivity contribution in [3.8, 4) is 17.3 Å². The summed E-state index contributed by atoms with van der Waals surface area (Å²) >= 11 is 0. The van der Waals surface area contributed by atoms with Gasteiger partial charge in [0.15, 0.2) is 11.5 Å². The number of piperazine rings is 1. The van der Waals surface area contributed by atoms with Gasteiger partial charge in [0.05, 0.1) is 17.6 Å². The molecule has 1 atom stereocenters. The molecule has 8 heteroatoms. The molecule has 2 aliphatic heterocycles. The zero-order valence-electron chi connectivity index (χ0n) is 18.4. The van der Waals surface area contributed by atoms with Crippen molar-refractivity contribution in [2.45, 2.75) is 32.2 Å². The predicted molar refractivity (Wildman–Crippen MR) is 118 cm³/mol. The zero-order valence-corrected chi connectivity index (χ0v) is 18.4. The third-order valence-electron chi connectivity index (χ3n) is 7.47. The Balaban J connectivity index is 1.29. The molecule has 1 spiro atoms. The molecule has 0 amide bonds. The summed E-state index contributed by atoms with van der Waals surface area (Å²) in [4.78, 5) is 15.4. The highest BCUT2D eigenvalue weighted by Gasteiger charge is 2.48. The lowest BCUT2D eigenvalue weighted by Gasteiger charge is -2.49. The first-order valence-electron chi connectivity index (χ1n) is 11.4. The highest BCUT2D eigenvalue weighted by molar-refractivity contribution is 5.75. The molecule has 0 aromatic carbocycles. The minimum absolute atomic E-state index is 0.256. The Labute approximate surface area is 187 Å². The summed E-state index contributed by atoms with van der Waals surface area (Å²) in [5.41, 5.74) is 1.86. The number of likely N-dealkylation sites (tertiary alicyclic amines) is 1. The Hall–Kier alpha value is -2.63. The van der Waals surface area contributed by atoms with E-state index in [0.29, 0.717) is 28.4 Å². The Morgan fingerprint density at radius 1 is 1.12 bits per heavy atom. The molecule has 2 aromatic rings. The molecular weight excluding hydrogens is 410 g/mol. The molecular formula is C24H28F2N6. The predicted octanol–water partition coefficient (Wildman–Crippen LogP) is 3.29. The molecule has 2 aromatic heterocycles. The molecule has 2 saturated heterocycles. The summed E-state index contributed by atoms with van der Waals surface area (Å²) in [5.74, 6) is -1.11. The Bertz CT molecular complexity index is 1040. The summed E-state index contributed by atoms with van der Waals surface area (Å²) in [6.07, 6.45) is 6.44. The van der Waals surface area contributed by atoms with Crippen LogP contribution in [0.3, 0.4) is 0 Å². The molecule has 3 fully saturated rings. The molecule has 1 unspecified atom stereocenters. The molecule has 4 heterocycles. The number of pyridine rings is 2. The molecule has 6 nitrogen and oxygen atoms in total. The SMILES string of the molecule is CCN1CC2(CCC(N3CCN(c4cc(F)cnc4-c4cnc(C#N)c(F)c4)CC3)C2)C1. The normalized spacial score (nSPS) is 23.3. The number of rotatable bonds is 4. The van der Waals surface area contributed by atoms with E-state index >= 15 is 0 Å². The van der Waals surface area contributed by atoms with Crippen LogP contribution in [0.2, 0.25) is 0 Å². The van der Waals surface area contributed by atoms with Gasteiger partial charge in [-0.05, 0) is 37.3 Å². The van der Waals surface area contributed by atoms with E-state index in [1.54, 1.807) is 6.07 Å². The van der Waals surface area contributed by atoms with Crippen molar-refractivity contribution >= 4 is 5.69 Å². The van der Waals surface area contributed by atoms with Gasteiger partial charge < -0.3 is 9.80 Å². The maximum Gasteiger partial charge on any atom is 0.176 e. The van der Waals surface area contributed by atoms with Crippen LogP contribution >= 0.6 is 0 Å². The minimum atomic E-state index is -0.695. The summed E-state index contributed by atoms with van der Waals surface area (Å²) in [5, 5.41) is 8.93. The van der Waals surface area contributed by atoms with Crippen molar-refractivity contribution in [2.75, 3.05) is 50.7 Å². The van der Waals surface area contributed by atoms with Crippen LogP contribution in [-0.4, -0.2) is 71.6 Å². The van der Waals surface area contributed by atoms with E-state index < -0.39 is 11.6 Å². The van der Waals surface area contributed by atoms with Crippen LogP contribution in [0, 0.1) is 28.4 Å². The van der Waals surface area contributed by atoms with E-state index in [1.807, 2.05) is 0 Å². The van der Waals surface area contributed by atoms with Crippen molar-refractivity contribution in [1.29, 1.82) is 5.26 Å². The number of aromatic nitrogens is 2. The van der Waals surface area contributed by atoms with Gasteiger partial charge >= 0.3 is 0 Å². The van der Waals surface area contributed by atoms with Crippen molar-refractivity contribution in [3.05, 3.63) is 41.9 Å². The van der Waals surface area contributed by atoms with E-state index in [1.165, 1.54) is 50.7 Å². The fourth-order valence-electron chi connectivity index (χ4n) is 5.77. The first kappa shape index (κ1) is 21.2. The number of hydrogen-bond donors (Lipinski definition) is 0. The highest BCUT2D eigenvalue weighted by Crippen LogP contribution is 2.47. The van der Waals surface area contributed by atoms with E-state index in [2.05, 4.69) is 31.6 Å². The standard InChI is InChI=1S/C24H28F2N6/c1-2-30-15-24(16-30)4-3-19(11-24)31-5-7-32(8-6-31)22-10-18(25)14-29-23(22)17-9-20(26)21(12-27)28-13-17/h9-10,13-14,19H,2-8,11,15-16H2,1H3. The van der Waals surface area contributed by atoms with Crippen LogP contribution in [0.1, 0.15) is 31.9 Å². The second-order valence-electron chi connectivity index (χ2n) is 9.41. The average Bonchev–Trinajstić information content (AvgIpc) is 3.24. The molecule has 3 aliphatic rings. The van der Waals surface area contributed by atoms with Crippen LogP contribution in [0.25, 0.3) is 11.3 Å². The van der Waals surface area contributed by atoms with Crippen molar-refractivity contribution in [1.82, 2.24) is 19.8 Å². The largest absolute Gasteiger partial charge is 0.367 e. The second kappa shape index (κ2) is 8.38. The van der Waals surface area contributed by atoms with Crippen molar-refractivity contribution in [3.63, 3.8) is 0 Å². The maximum atomic E-state index is 14.1. The Morgan fingerprint density at radius 3 is 2.59 bits per heavy atom. The first-order chi connectivity index (χ1) is 15.5. The topological polar surface area (TPSA) is 59.3 Å². The van der Waals surface area contributed by atoms with Crippen molar-refractivity contribution < 1.29 is 8.78 Å². The molecule has 1 saturated carbocycles. The molecule has 5 rings (SSSR count). The van der Waals surface area contributed by atoms with Gasteiger partial charge in [-0.2, -0.15) is 5.26 Å². The van der Waals surface area contributed by atoms with Gasteiger partial charge in [-0.1, -0.05) is 6.92 Å². The number of halogens is 2. The average molecular weight is 439 g/mol. The molecule has 0 radical (unpaired) electrons. The summed E-state index contributed by atoms with van der Waals surface area (Å²) in [7, 11) is 0. The van der Waals surface area contributed by atoms with Gasteiger partial charge in [0.25, 0.3) is 0 Å².